The van der Waals surface area contributed by atoms with Gasteiger partial charge in [0.1, 0.15) is 6.04 Å². The molecule has 3 rings (SSSR count). The molecule has 0 unspecified atom stereocenters. The highest BCUT2D eigenvalue weighted by Gasteiger charge is 2.30. The van der Waals surface area contributed by atoms with E-state index < -0.39 is 16.1 Å². The maximum Gasteiger partial charge on any atom is 0.243 e. The van der Waals surface area contributed by atoms with Crippen molar-refractivity contribution in [3.63, 3.8) is 0 Å². The second kappa shape index (κ2) is 14.5. The van der Waals surface area contributed by atoms with Crippen LogP contribution in [0.5, 0.6) is 0 Å². The molecule has 0 aromatic heterocycles. The fourth-order valence-corrected chi connectivity index (χ4v) is 5.32. The molecule has 0 radical (unpaired) electrons. The number of para-hydroxylation sites is 1. The van der Waals surface area contributed by atoms with Gasteiger partial charge in [0.15, 0.2) is 0 Å². The van der Waals surface area contributed by atoms with Crippen molar-refractivity contribution in [3.8, 4) is 0 Å². The Bertz CT molecular complexity index is 1280. The summed E-state index contributed by atoms with van der Waals surface area (Å²) in [5.74, 6) is -0.121. The topological polar surface area (TPSA) is 86.8 Å². The first-order valence-electron chi connectivity index (χ1n) is 13.3. The zero-order chi connectivity index (χ0) is 28.3. The smallest absolute Gasteiger partial charge is 0.243 e. The molecule has 0 saturated carbocycles. The summed E-state index contributed by atoms with van der Waals surface area (Å²) in [6.07, 6.45) is 1.97. The zero-order valence-electron chi connectivity index (χ0n) is 23.0. The van der Waals surface area contributed by atoms with Crippen molar-refractivity contribution in [2.24, 2.45) is 5.92 Å². The fraction of sp³-hybridized carbons (Fsp3) is 0.355. The summed E-state index contributed by atoms with van der Waals surface area (Å²) in [7, 11) is -3.53. The molecular formula is C31H39N3O4S. The van der Waals surface area contributed by atoms with E-state index in [1.807, 2.05) is 80.6 Å². The van der Waals surface area contributed by atoms with Crippen LogP contribution < -0.4 is 9.62 Å². The Kier molecular flexibility index (Phi) is 11.1. The molecule has 1 N–H and O–H groups in total. The molecule has 8 heteroatoms. The van der Waals surface area contributed by atoms with E-state index in [2.05, 4.69) is 5.32 Å². The molecule has 208 valence electrons. The third-order valence-corrected chi connectivity index (χ3v) is 7.54. The second-order valence-electron chi connectivity index (χ2n) is 10.1. The minimum Gasteiger partial charge on any atom is -0.354 e. The van der Waals surface area contributed by atoms with Gasteiger partial charge in [-0.25, -0.2) is 8.42 Å². The molecule has 0 heterocycles. The quantitative estimate of drug-likeness (QED) is 0.317. The molecule has 0 saturated heterocycles. The summed E-state index contributed by atoms with van der Waals surface area (Å²) in [6.45, 7) is 5.01. The van der Waals surface area contributed by atoms with Gasteiger partial charge in [-0.2, -0.15) is 0 Å². The van der Waals surface area contributed by atoms with E-state index in [0.717, 1.165) is 11.1 Å². The summed E-state index contributed by atoms with van der Waals surface area (Å²) < 4.78 is 26.3. The normalized spacial score (nSPS) is 12.1. The van der Waals surface area contributed by atoms with Gasteiger partial charge in [-0.1, -0.05) is 92.7 Å². The maximum atomic E-state index is 13.8. The van der Waals surface area contributed by atoms with Crippen molar-refractivity contribution in [1.29, 1.82) is 0 Å². The zero-order valence-corrected chi connectivity index (χ0v) is 23.8. The molecule has 0 fully saturated rings. The predicted molar refractivity (Wildman–Crippen MR) is 157 cm³/mol. The number of benzene rings is 3. The van der Waals surface area contributed by atoms with Crippen molar-refractivity contribution in [2.45, 2.75) is 45.7 Å². The molecule has 7 nitrogen and oxygen atoms in total. The van der Waals surface area contributed by atoms with Gasteiger partial charge in [0, 0.05) is 32.5 Å². The van der Waals surface area contributed by atoms with Gasteiger partial charge >= 0.3 is 0 Å². The van der Waals surface area contributed by atoms with E-state index in [4.69, 9.17) is 0 Å². The predicted octanol–water partition coefficient (Wildman–Crippen LogP) is 4.65. The van der Waals surface area contributed by atoms with Crippen molar-refractivity contribution >= 4 is 27.5 Å². The van der Waals surface area contributed by atoms with Crippen molar-refractivity contribution < 1.29 is 18.0 Å². The average Bonchev–Trinajstić information content (AvgIpc) is 2.92. The first-order valence-corrected chi connectivity index (χ1v) is 15.2. The van der Waals surface area contributed by atoms with Gasteiger partial charge in [0.05, 0.1) is 11.9 Å². The highest BCUT2D eigenvalue weighted by atomic mass is 32.2. The van der Waals surface area contributed by atoms with E-state index in [1.165, 1.54) is 10.6 Å². The summed E-state index contributed by atoms with van der Waals surface area (Å²) in [5, 5.41) is 3.02. The molecule has 39 heavy (non-hydrogen) atoms. The number of anilines is 1. The highest BCUT2D eigenvalue weighted by molar-refractivity contribution is 7.92. The molecule has 0 aliphatic carbocycles. The van der Waals surface area contributed by atoms with Crippen LogP contribution in [-0.2, 0) is 32.6 Å². The monoisotopic (exact) mass is 549 g/mol. The number of carbonyl (C=O) groups excluding carboxylic acids is 2. The van der Waals surface area contributed by atoms with E-state index >= 15 is 0 Å². The van der Waals surface area contributed by atoms with Crippen LogP contribution in [-0.4, -0.2) is 50.5 Å². The van der Waals surface area contributed by atoms with Gasteiger partial charge in [0.25, 0.3) is 0 Å². The minimum absolute atomic E-state index is 0.106. The van der Waals surface area contributed by atoms with Crippen LogP contribution in [0.4, 0.5) is 5.69 Å². The molecule has 0 aliphatic rings. The number of rotatable bonds is 14. The summed E-state index contributed by atoms with van der Waals surface area (Å²) in [4.78, 5) is 28.9. The molecule has 1 atom stereocenters. The van der Waals surface area contributed by atoms with E-state index in [-0.39, 0.29) is 37.2 Å². The Morgan fingerprint density at radius 3 is 1.90 bits per heavy atom. The van der Waals surface area contributed by atoms with E-state index in [9.17, 15) is 18.0 Å². The van der Waals surface area contributed by atoms with E-state index in [0.29, 0.717) is 25.1 Å². The summed E-state index contributed by atoms with van der Waals surface area (Å²) in [5.41, 5.74) is 2.44. The largest absolute Gasteiger partial charge is 0.354 e. The molecule has 0 bridgehead atoms. The number of amides is 2. The van der Waals surface area contributed by atoms with E-state index in [1.54, 1.807) is 29.2 Å². The molecule has 3 aromatic rings. The average molecular weight is 550 g/mol. The SMILES string of the molecule is CC(C)CNC(=O)[C@@H](Cc1ccccc1)N(Cc1ccccc1)C(=O)CCCN(c1ccccc1)S(C)(=O)=O. The van der Waals surface area contributed by atoms with Crippen molar-refractivity contribution in [1.82, 2.24) is 10.2 Å². The molecule has 0 aliphatic heterocycles. The van der Waals surface area contributed by atoms with Crippen LogP contribution in [0.2, 0.25) is 0 Å². The van der Waals surface area contributed by atoms with Gasteiger partial charge in [-0.3, -0.25) is 13.9 Å². The number of nitrogens with one attached hydrogen (secondary N) is 1. The first-order chi connectivity index (χ1) is 18.6. The lowest BCUT2D eigenvalue weighted by Gasteiger charge is -2.32. The summed E-state index contributed by atoms with van der Waals surface area (Å²) >= 11 is 0. The lowest BCUT2D eigenvalue weighted by Crippen LogP contribution is -2.51. The van der Waals surface area contributed by atoms with Crippen LogP contribution in [0.3, 0.4) is 0 Å². The lowest BCUT2D eigenvalue weighted by molar-refractivity contribution is -0.141. The minimum atomic E-state index is -3.53. The van der Waals surface area contributed by atoms with Gasteiger partial charge < -0.3 is 10.2 Å². The van der Waals surface area contributed by atoms with Crippen molar-refractivity contribution in [3.05, 3.63) is 102 Å². The Morgan fingerprint density at radius 1 is 0.821 bits per heavy atom. The Hall–Kier alpha value is -3.65. The maximum absolute atomic E-state index is 13.8. The van der Waals surface area contributed by atoms with Crippen LogP contribution in [0.25, 0.3) is 0 Å². The Morgan fingerprint density at radius 2 is 1.36 bits per heavy atom. The number of nitrogens with zero attached hydrogens (tertiary/aromatic N) is 2. The molecule has 0 spiro atoms. The van der Waals surface area contributed by atoms with Crippen molar-refractivity contribution in [2.75, 3.05) is 23.7 Å². The first kappa shape index (κ1) is 29.9. The van der Waals surface area contributed by atoms with Gasteiger partial charge in [0.2, 0.25) is 21.8 Å². The molecule has 2 amide bonds. The number of carbonyl (C=O) groups is 2. The molecule has 3 aromatic carbocycles. The second-order valence-corrected chi connectivity index (χ2v) is 12.0. The third kappa shape index (κ3) is 9.55. The van der Waals surface area contributed by atoms with Crippen LogP contribution in [0.1, 0.15) is 37.8 Å². The standard InChI is InChI=1S/C31H39N3O4S/c1-25(2)23-32-31(36)29(22-26-14-7-4-8-15-26)33(24-27-16-9-5-10-17-27)30(35)20-13-21-34(39(3,37)38)28-18-11-6-12-19-28/h4-12,14-19,25,29H,13,20-24H2,1-3H3,(H,32,36)/t29-/m1/s1. The Labute approximate surface area is 232 Å². The Balaban J connectivity index is 1.84. The number of hydrogen-bond donors (Lipinski definition) is 1. The number of sulfonamides is 1. The van der Waals surface area contributed by atoms with Crippen LogP contribution >= 0.6 is 0 Å². The number of hydrogen-bond acceptors (Lipinski definition) is 4. The molecular weight excluding hydrogens is 510 g/mol. The fourth-order valence-electron chi connectivity index (χ4n) is 4.35. The van der Waals surface area contributed by atoms with Gasteiger partial charge in [-0.05, 0) is 35.6 Å². The van der Waals surface area contributed by atoms with Gasteiger partial charge in [-0.15, -0.1) is 0 Å². The third-order valence-electron chi connectivity index (χ3n) is 6.35. The lowest BCUT2D eigenvalue weighted by atomic mass is 10.0. The van der Waals surface area contributed by atoms with Crippen LogP contribution in [0, 0.1) is 5.92 Å². The summed E-state index contributed by atoms with van der Waals surface area (Å²) in [6, 6.07) is 27.4. The highest BCUT2D eigenvalue weighted by Crippen LogP contribution is 2.20. The van der Waals surface area contributed by atoms with Crippen LogP contribution in [0.15, 0.2) is 91.0 Å².